The van der Waals surface area contributed by atoms with E-state index in [0.29, 0.717) is 13.0 Å². The van der Waals surface area contributed by atoms with Crippen LogP contribution in [-0.4, -0.2) is 31.5 Å². The molecule has 1 amide bonds. The molecule has 26 heavy (non-hydrogen) atoms. The molecule has 2 aromatic carbocycles. The van der Waals surface area contributed by atoms with Crippen molar-refractivity contribution >= 4 is 11.5 Å². The van der Waals surface area contributed by atoms with Gasteiger partial charge in [0.2, 0.25) is 0 Å². The van der Waals surface area contributed by atoms with Crippen LogP contribution in [0.1, 0.15) is 34.8 Å². The second-order valence-corrected chi connectivity index (χ2v) is 6.06. The predicted molar refractivity (Wildman–Crippen MR) is 99.3 cm³/mol. The van der Waals surface area contributed by atoms with Gasteiger partial charge in [0.1, 0.15) is 5.75 Å². The number of amides is 1. The SMILES string of the molecule is C=C(CCN(C)C(=O)c1cccc(F)c1F)c1ccc(OC)c(CC)c1. The fraction of sp³-hybridized carbons (Fsp3) is 0.286. The zero-order chi connectivity index (χ0) is 19.3. The number of carbonyl (C=O) groups is 1. The van der Waals surface area contributed by atoms with Gasteiger partial charge in [0.25, 0.3) is 5.91 Å². The van der Waals surface area contributed by atoms with Gasteiger partial charge in [-0.15, -0.1) is 0 Å². The number of methoxy groups -OCH3 is 1. The molecule has 0 unspecified atom stereocenters. The Labute approximate surface area is 152 Å². The van der Waals surface area contributed by atoms with E-state index >= 15 is 0 Å². The van der Waals surface area contributed by atoms with Crippen LogP contribution in [0.3, 0.4) is 0 Å². The van der Waals surface area contributed by atoms with Gasteiger partial charge in [0.05, 0.1) is 12.7 Å². The lowest BCUT2D eigenvalue weighted by Crippen LogP contribution is -2.28. The van der Waals surface area contributed by atoms with Crippen LogP contribution in [0.15, 0.2) is 43.0 Å². The highest BCUT2D eigenvalue weighted by atomic mass is 19.2. The van der Waals surface area contributed by atoms with Crippen LogP contribution in [0, 0.1) is 11.6 Å². The Balaban J connectivity index is 2.04. The monoisotopic (exact) mass is 359 g/mol. The lowest BCUT2D eigenvalue weighted by molar-refractivity contribution is 0.0792. The summed E-state index contributed by atoms with van der Waals surface area (Å²) in [5.41, 5.74) is 2.65. The molecule has 2 rings (SSSR count). The first kappa shape index (κ1) is 19.6. The maximum absolute atomic E-state index is 13.8. The number of benzene rings is 2. The first-order chi connectivity index (χ1) is 12.4. The fourth-order valence-corrected chi connectivity index (χ4v) is 2.70. The van der Waals surface area contributed by atoms with Crippen molar-refractivity contribution in [1.29, 1.82) is 0 Å². The second-order valence-electron chi connectivity index (χ2n) is 6.06. The highest BCUT2D eigenvalue weighted by Crippen LogP contribution is 2.25. The largest absolute Gasteiger partial charge is 0.496 e. The fourth-order valence-electron chi connectivity index (χ4n) is 2.70. The number of rotatable bonds is 7. The average Bonchev–Trinajstić information content (AvgIpc) is 2.66. The van der Waals surface area contributed by atoms with Crippen molar-refractivity contribution in [3.05, 3.63) is 71.3 Å². The molecule has 0 bridgehead atoms. The standard InChI is InChI=1S/C21H23F2NO2/c1-5-15-13-16(9-10-19(15)26-4)14(2)11-12-24(3)21(25)17-7-6-8-18(22)20(17)23/h6-10,13H,2,5,11-12H2,1,3-4H3. The lowest BCUT2D eigenvalue weighted by Gasteiger charge is -2.19. The zero-order valence-corrected chi connectivity index (χ0v) is 15.3. The molecule has 0 saturated heterocycles. The van der Waals surface area contributed by atoms with Crippen LogP contribution in [0.4, 0.5) is 8.78 Å². The minimum absolute atomic E-state index is 0.268. The molecule has 2 aromatic rings. The van der Waals surface area contributed by atoms with Gasteiger partial charge < -0.3 is 9.64 Å². The minimum Gasteiger partial charge on any atom is -0.496 e. The third kappa shape index (κ3) is 4.28. The Morgan fingerprint density at radius 2 is 1.96 bits per heavy atom. The molecule has 5 heteroatoms. The second kappa shape index (κ2) is 8.61. The summed E-state index contributed by atoms with van der Waals surface area (Å²) in [6.45, 7) is 6.47. The van der Waals surface area contributed by atoms with Crippen LogP contribution in [0.2, 0.25) is 0 Å². The van der Waals surface area contributed by atoms with Crippen molar-refractivity contribution in [3.63, 3.8) is 0 Å². The zero-order valence-electron chi connectivity index (χ0n) is 15.3. The van der Waals surface area contributed by atoms with Gasteiger partial charge >= 0.3 is 0 Å². The van der Waals surface area contributed by atoms with Crippen molar-refractivity contribution in [2.75, 3.05) is 20.7 Å². The molecule has 0 atom stereocenters. The molecule has 0 aromatic heterocycles. The predicted octanol–water partition coefficient (Wildman–Crippen LogP) is 4.71. The number of hydrogen-bond donors (Lipinski definition) is 0. The van der Waals surface area contributed by atoms with E-state index in [4.69, 9.17) is 4.74 Å². The Morgan fingerprint density at radius 1 is 1.23 bits per heavy atom. The summed E-state index contributed by atoms with van der Waals surface area (Å²) in [4.78, 5) is 13.7. The van der Waals surface area contributed by atoms with Gasteiger partial charge in [0.15, 0.2) is 11.6 Å². The van der Waals surface area contributed by atoms with Crippen LogP contribution in [0.25, 0.3) is 5.57 Å². The number of ether oxygens (including phenoxy) is 1. The Morgan fingerprint density at radius 3 is 2.62 bits per heavy atom. The quantitative estimate of drug-likeness (QED) is 0.716. The van der Waals surface area contributed by atoms with Crippen molar-refractivity contribution in [2.45, 2.75) is 19.8 Å². The summed E-state index contributed by atoms with van der Waals surface area (Å²) >= 11 is 0. The molecule has 138 valence electrons. The molecular formula is C21H23F2NO2. The van der Waals surface area contributed by atoms with E-state index in [1.807, 2.05) is 25.1 Å². The molecule has 0 radical (unpaired) electrons. The highest BCUT2D eigenvalue weighted by Gasteiger charge is 2.18. The Hall–Kier alpha value is -2.69. The summed E-state index contributed by atoms with van der Waals surface area (Å²) in [5, 5.41) is 0. The number of aryl methyl sites for hydroxylation is 1. The molecule has 0 aliphatic rings. The van der Waals surface area contributed by atoms with Crippen molar-refractivity contribution in [3.8, 4) is 5.75 Å². The molecule has 0 aliphatic heterocycles. The van der Waals surface area contributed by atoms with Crippen molar-refractivity contribution < 1.29 is 18.3 Å². The smallest absolute Gasteiger partial charge is 0.256 e. The van der Waals surface area contributed by atoms with E-state index in [9.17, 15) is 13.6 Å². The number of carbonyl (C=O) groups excluding carboxylic acids is 1. The van der Waals surface area contributed by atoms with Gasteiger partial charge in [-0.1, -0.05) is 25.6 Å². The van der Waals surface area contributed by atoms with Gasteiger partial charge in [-0.2, -0.15) is 0 Å². The molecular weight excluding hydrogens is 336 g/mol. The van der Waals surface area contributed by atoms with Gasteiger partial charge in [-0.05, 0) is 53.8 Å². The molecule has 0 aliphatic carbocycles. The number of hydrogen-bond acceptors (Lipinski definition) is 2. The van der Waals surface area contributed by atoms with E-state index in [0.717, 1.165) is 34.9 Å². The lowest BCUT2D eigenvalue weighted by atomic mass is 10.00. The number of halogens is 2. The first-order valence-corrected chi connectivity index (χ1v) is 8.43. The van der Waals surface area contributed by atoms with Crippen LogP contribution in [-0.2, 0) is 6.42 Å². The van der Waals surface area contributed by atoms with Crippen LogP contribution >= 0.6 is 0 Å². The first-order valence-electron chi connectivity index (χ1n) is 8.43. The van der Waals surface area contributed by atoms with Gasteiger partial charge in [0, 0.05) is 13.6 Å². The molecule has 0 spiro atoms. The Kier molecular flexibility index (Phi) is 6.50. The summed E-state index contributed by atoms with van der Waals surface area (Å²) in [5.74, 6) is -1.87. The summed E-state index contributed by atoms with van der Waals surface area (Å²) in [6, 6.07) is 9.44. The van der Waals surface area contributed by atoms with Crippen LogP contribution in [0.5, 0.6) is 5.75 Å². The maximum atomic E-state index is 13.8. The summed E-state index contributed by atoms with van der Waals surface area (Å²) in [6.07, 6.45) is 1.36. The highest BCUT2D eigenvalue weighted by molar-refractivity contribution is 5.94. The van der Waals surface area contributed by atoms with Crippen LogP contribution < -0.4 is 4.74 Å². The summed E-state index contributed by atoms with van der Waals surface area (Å²) < 4.78 is 32.4. The van der Waals surface area contributed by atoms with E-state index in [1.54, 1.807) is 14.2 Å². The van der Waals surface area contributed by atoms with E-state index < -0.39 is 17.5 Å². The van der Waals surface area contributed by atoms with Gasteiger partial charge in [-0.25, -0.2) is 8.78 Å². The molecule has 0 saturated carbocycles. The van der Waals surface area contributed by atoms with E-state index in [2.05, 4.69) is 6.58 Å². The number of nitrogens with zero attached hydrogens (tertiary/aromatic N) is 1. The third-order valence-electron chi connectivity index (χ3n) is 4.35. The summed E-state index contributed by atoms with van der Waals surface area (Å²) in [7, 11) is 3.19. The maximum Gasteiger partial charge on any atom is 0.256 e. The molecule has 0 heterocycles. The van der Waals surface area contributed by atoms with E-state index in [1.165, 1.54) is 17.0 Å². The van der Waals surface area contributed by atoms with Crippen molar-refractivity contribution in [1.82, 2.24) is 4.90 Å². The topological polar surface area (TPSA) is 29.5 Å². The van der Waals surface area contributed by atoms with Crippen molar-refractivity contribution in [2.24, 2.45) is 0 Å². The Bertz CT molecular complexity index is 818. The molecule has 3 nitrogen and oxygen atoms in total. The van der Waals surface area contributed by atoms with Gasteiger partial charge in [-0.3, -0.25) is 4.79 Å². The third-order valence-corrected chi connectivity index (χ3v) is 4.35. The van der Waals surface area contributed by atoms with E-state index in [-0.39, 0.29) is 5.56 Å². The molecule has 0 N–H and O–H groups in total. The average molecular weight is 359 g/mol. The normalized spacial score (nSPS) is 10.5. The minimum atomic E-state index is -1.12. The molecule has 0 fully saturated rings.